The fraction of sp³-hybridized carbons (Fsp3) is 0.538. The number of nitrogens with zero attached hydrogens (tertiary/aromatic N) is 2. The maximum absolute atomic E-state index is 5.76. The predicted octanol–water partition coefficient (Wildman–Crippen LogP) is 2.81. The minimum atomic E-state index is 0.743. The van der Waals surface area contributed by atoms with Gasteiger partial charge in [0.1, 0.15) is 0 Å². The van der Waals surface area contributed by atoms with Crippen LogP contribution in [0.15, 0.2) is 28.7 Å². The lowest BCUT2D eigenvalue weighted by Crippen LogP contribution is -2.46. The summed E-state index contributed by atoms with van der Waals surface area (Å²) >= 11 is 9.22. The van der Waals surface area contributed by atoms with Crippen molar-refractivity contribution >= 4 is 27.5 Å². The van der Waals surface area contributed by atoms with Crippen molar-refractivity contribution in [2.45, 2.75) is 6.54 Å². The second kappa shape index (κ2) is 6.74. The van der Waals surface area contributed by atoms with E-state index in [4.69, 9.17) is 11.6 Å². The zero-order chi connectivity index (χ0) is 12.1. The van der Waals surface area contributed by atoms with E-state index in [1.165, 1.54) is 5.56 Å². The van der Waals surface area contributed by atoms with Gasteiger partial charge in [0.2, 0.25) is 0 Å². The van der Waals surface area contributed by atoms with Crippen LogP contribution >= 0.6 is 27.5 Å². The van der Waals surface area contributed by atoms with Gasteiger partial charge in [0.05, 0.1) is 0 Å². The number of piperazine rings is 1. The molecule has 0 amide bonds. The summed E-state index contributed by atoms with van der Waals surface area (Å²) in [6, 6.07) is 8.60. The molecule has 0 unspecified atom stereocenters. The minimum absolute atomic E-state index is 0.743. The molecule has 1 fully saturated rings. The predicted molar refractivity (Wildman–Crippen MR) is 76.6 cm³/mol. The Morgan fingerprint density at radius 3 is 2.18 bits per heavy atom. The standard InChI is InChI=1S/C13H18BrClN2/c14-13-3-1-12(2-4-13)11-17-9-7-16(6-5-15)8-10-17/h1-4H,5-11H2. The van der Waals surface area contributed by atoms with Crippen LogP contribution in [0, 0.1) is 0 Å². The highest BCUT2D eigenvalue weighted by Gasteiger charge is 2.15. The maximum atomic E-state index is 5.76. The highest BCUT2D eigenvalue weighted by molar-refractivity contribution is 9.10. The first kappa shape index (κ1) is 13.3. The molecule has 0 saturated carbocycles. The molecule has 0 spiro atoms. The van der Waals surface area contributed by atoms with Crippen LogP contribution in [0.25, 0.3) is 0 Å². The average Bonchev–Trinajstić information content (AvgIpc) is 2.35. The summed E-state index contributed by atoms with van der Waals surface area (Å²) in [5.74, 6) is 0.743. The summed E-state index contributed by atoms with van der Waals surface area (Å²) in [4.78, 5) is 4.94. The zero-order valence-electron chi connectivity index (χ0n) is 9.91. The molecule has 0 aromatic heterocycles. The Balaban J connectivity index is 1.79. The van der Waals surface area contributed by atoms with Gasteiger partial charge in [-0.3, -0.25) is 9.80 Å². The molecular weight excluding hydrogens is 300 g/mol. The van der Waals surface area contributed by atoms with Gasteiger partial charge in [0, 0.05) is 49.6 Å². The fourth-order valence-electron chi connectivity index (χ4n) is 2.14. The molecule has 1 aliphatic heterocycles. The summed E-state index contributed by atoms with van der Waals surface area (Å²) in [5, 5.41) is 0. The van der Waals surface area contributed by atoms with Gasteiger partial charge in [-0.1, -0.05) is 28.1 Å². The van der Waals surface area contributed by atoms with E-state index in [0.717, 1.165) is 49.6 Å². The van der Waals surface area contributed by atoms with Crippen molar-refractivity contribution in [3.63, 3.8) is 0 Å². The van der Waals surface area contributed by atoms with E-state index >= 15 is 0 Å². The van der Waals surface area contributed by atoms with E-state index in [2.05, 4.69) is 50.0 Å². The fourth-order valence-corrected chi connectivity index (χ4v) is 2.64. The van der Waals surface area contributed by atoms with Gasteiger partial charge < -0.3 is 0 Å². The van der Waals surface area contributed by atoms with E-state index in [-0.39, 0.29) is 0 Å². The average molecular weight is 318 g/mol. The molecule has 1 heterocycles. The Kier molecular flexibility index (Phi) is 5.29. The quantitative estimate of drug-likeness (QED) is 0.788. The lowest BCUT2D eigenvalue weighted by molar-refractivity contribution is 0.132. The van der Waals surface area contributed by atoms with Gasteiger partial charge in [0.25, 0.3) is 0 Å². The molecule has 0 atom stereocenters. The second-order valence-corrected chi connectivity index (χ2v) is 5.73. The smallest absolute Gasteiger partial charge is 0.0351 e. The number of alkyl halides is 1. The summed E-state index contributed by atoms with van der Waals surface area (Å²) < 4.78 is 1.15. The van der Waals surface area contributed by atoms with Gasteiger partial charge in [-0.25, -0.2) is 0 Å². The first-order valence-corrected chi connectivity index (χ1v) is 7.36. The van der Waals surface area contributed by atoms with Gasteiger partial charge in [-0.15, -0.1) is 11.6 Å². The summed E-state index contributed by atoms with van der Waals surface area (Å²) in [5.41, 5.74) is 1.39. The Bertz CT molecular complexity index is 334. The first-order valence-electron chi connectivity index (χ1n) is 6.03. The van der Waals surface area contributed by atoms with E-state index in [9.17, 15) is 0 Å². The van der Waals surface area contributed by atoms with E-state index in [1.54, 1.807) is 0 Å². The molecule has 94 valence electrons. The van der Waals surface area contributed by atoms with Crippen molar-refractivity contribution in [2.75, 3.05) is 38.6 Å². The number of hydrogen-bond acceptors (Lipinski definition) is 2. The molecule has 1 aromatic rings. The minimum Gasteiger partial charge on any atom is -0.300 e. The van der Waals surface area contributed by atoms with Crippen LogP contribution in [-0.2, 0) is 6.54 Å². The second-order valence-electron chi connectivity index (χ2n) is 4.43. The maximum Gasteiger partial charge on any atom is 0.0351 e. The van der Waals surface area contributed by atoms with Crippen LogP contribution in [0.2, 0.25) is 0 Å². The van der Waals surface area contributed by atoms with Gasteiger partial charge >= 0.3 is 0 Å². The number of rotatable bonds is 4. The molecule has 1 aliphatic rings. The Hall–Kier alpha value is -0.0900. The van der Waals surface area contributed by atoms with Gasteiger partial charge in [-0.05, 0) is 17.7 Å². The third-order valence-electron chi connectivity index (χ3n) is 3.19. The van der Waals surface area contributed by atoms with Crippen molar-refractivity contribution < 1.29 is 0 Å². The molecule has 17 heavy (non-hydrogen) atoms. The lowest BCUT2D eigenvalue weighted by Gasteiger charge is -2.34. The van der Waals surface area contributed by atoms with Crippen LogP contribution in [0.4, 0.5) is 0 Å². The molecule has 2 nitrogen and oxygen atoms in total. The van der Waals surface area contributed by atoms with Crippen LogP contribution in [0.5, 0.6) is 0 Å². The van der Waals surface area contributed by atoms with Crippen molar-refractivity contribution in [3.8, 4) is 0 Å². The number of benzene rings is 1. The normalized spacial score (nSPS) is 18.5. The highest BCUT2D eigenvalue weighted by atomic mass is 79.9. The zero-order valence-corrected chi connectivity index (χ0v) is 12.3. The van der Waals surface area contributed by atoms with Gasteiger partial charge in [0.15, 0.2) is 0 Å². The summed E-state index contributed by atoms with van der Waals surface area (Å²) in [7, 11) is 0. The Labute approximate surface area is 117 Å². The first-order chi connectivity index (χ1) is 8.28. The topological polar surface area (TPSA) is 6.48 Å². The SMILES string of the molecule is ClCCN1CCN(Cc2ccc(Br)cc2)CC1. The lowest BCUT2D eigenvalue weighted by atomic mass is 10.2. The highest BCUT2D eigenvalue weighted by Crippen LogP contribution is 2.13. The molecule has 1 saturated heterocycles. The Morgan fingerprint density at radius 1 is 1.00 bits per heavy atom. The van der Waals surface area contributed by atoms with Crippen LogP contribution in [0.3, 0.4) is 0 Å². The van der Waals surface area contributed by atoms with Crippen LogP contribution < -0.4 is 0 Å². The molecular formula is C13H18BrClN2. The Morgan fingerprint density at radius 2 is 1.59 bits per heavy atom. The molecule has 0 bridgehead atoms. The van der Waals surface area contributed by atoms with Crippen LogP contribution in [0.1, 0.15) is 5.56 Å². The molecule has 2 rings (SSSR count). The van der Waals surface area contributed by atoms with E-state index in [0.29, 0.717) is 0 Å². The third kappa shape index (κ3) is 4.25. The van der Waals surface area contributed by atoms with Crippen molar-refractivity contribution in [1.29, 1.82) is 0 Å². The number of hydrogen-bond donors (Lipinski definition) is 0. The van der Waals surface area contributed by atoms with Crippen LogP contribution in [-0.4, -0.2) is 48.4 Å². The van der Waals surface area contributed by atoms with Gasteiger partial charge in [-0.2, -0.15) is 0 Å². The van der Waals surface area contributed by atoms with Crippen molar-refractivity contribution in [2.24, 2.45) is 0 Å². The van der Waals surface area contributed by atoms with Crippen molar-refractivity contribution in [3.05, 3.63) is 34.3 Å². The number of halogens is 2. The summed E-state index contributed by atoms with van der Waals surface area (Å²) in [6.45, 7) is 6.65. The molecule has 0 N–H and O–H groups in total. The monoisotopic (exact) mass is 316 g/mol. The van der Waals surface area contributed by atoms with E-state index in [1.807, 2.05) is 0 Å². The molecule has 1 aromatic carbocycles. The molecule has 0 radical (unpaired) electrons. The van der Waals surface area contributed by atoms with Crippen molar-refractivity contribution in [1.82, 2.24) is 9.80 Å². The molecule has 0 aliphatic carbocycles. The summed E-state index contributed by atoms with van der Waals surface area (Å²) in [6.07, 6.45) is 0. The van der Waals surface area contributed by atoms with E-state index < -0.39 is 0 Å². The third-order valence-corrected chi connectivity index (χ3v) is 3.88. The molecule has 4 heteroatoms. The largest absolute Gasteiger partial charge is 0.300 e.